The normalized spacial score (nSPS) is 10.6. The van der Waals surface area contributed by atoms with Crippen molar-refractivity contribution in [1.82, 2.24) is 9.55 Å². The van der Waals surface area contributed by atoms with Crippen molar-refractivity contribution in [3.8, 4) is 29.0 Å². The number of nitriles is 1. The van der Waals surface area contributed by atoms with Gasteiger partial charge >= 0.3 is 6.16 Å². The summed E-state index contributed by atoms with van der Waals surface area (Å²) in [5, 5.41) is 18.4. The van der Waals surface area contributed by atoms with Crippen LogP contribution in [0.3, 0.4) is 0 Å². The number of hydrogen-bond acceptors (Lipinski definition) is 5. The van der Waals surface area contributed by atoms with Gasteiger partial charge < -0.3 is 14.6 Å². The molecule has 0 aliphatic rings. The van der Waals surface area contributed by atoms with Crippen molar-refractivity contribution in [1.29, 1.82) is 5.26 Å². The summed E-state index contributed by atoms with van der Waals surface area (Å²) in [6.07, 6.45) is -1.39. The number of aromatic nitrogens is 2. The van der Waals surface area contributed by atoms with Gasteiger partial charge in [-0.2, -0.15) is 10.2 Å². The highest BCUT2D eigenvalue weighted by atomic mass is 16.7. The number of para-hydroxylation sites is 1. The number of carbonyl (C=O) groups is 1. The van der Waals surface area contributed by atoms with Crippen molar-refractivity contribution >= 4 is 17.2 Å². The molecule has 0 saturated heterocycles. The van der Waals surface area contributed by atoms with E-state index in [4.69, 9.17) is 14.6 Å². The van der Waals surface area contributed by atoms with Crippen LogP contribution in [-0.4, -0.2) is 27.4 Å². The Hall–Kier alpha value is -4.31. The van der Waals surface area contributed by atoms with E-state index in [9.17, 15) is 10.1 Å². The molecule has 4 aromatic rings. The summed E-state index contributed by atoms with van der Waals surface area (Å²) in [6.45, 7) is 2.69. The highest BCUT2D eigenvalue weighted by Gasteiger charge is 2.18. The minimum absolute atomic E-state index is 0.197. The highest BCUT2D eigenvalue weighted by molar-refractivity contribution is 5.85. The Balaban J connectivity index is 1.73. The fourth-order valence-electron chi connectivity index (χ4n) is 3.50. The zero-order valence-electron chi connectivity index (χ0n) is 16.8. The first-order valence-electron chi connectivity index (χ1n) is 9.72. The monoisotopic (exact) mass is 413 g/mol. The van der Waals surface area contributed by atoms with Gasteiger partial charge in [0, 0.05) is 0 Å². The number of imidazole rings is 1. The molecule has 7 heteroatoms. The number of nitrogens with zero attached hydrogens (tertiary/aromatic N) is 3. The van der Waals surface area contributed by atoms with Crippen molar-refractivity contribution in [2.45, 2.75) is 13.5 Å². The maximum absolute atomic E-state index is 11.1. The third kappa shape index (κ3) is 4.05. The van der Waals surface area contributed by atoms with Crippen LogP contribution in [0.4, 0.5) is 4.79 Å². The van der Waals surface area contributed by atoms with Crippen molar-refractivity contribution in [3.05, 3.63) is 77.9 Å². The molecule has 0 atom stereocenters. The van der Waals surface area contributed by atoms with E-state index in [1.54, 1.807) is 28.8 Å². The number of fused-ring (bicyclic) bond motifs is 1. The number of benzene rings is 3. The minimum atomic E-state index is -1.39. The van der Waals surface area contributed by atoms with Gasteiger partial charge in [0.2, 0.25) is 0 Å². The Labute approximate surface area is 178 Å². The van der Waals surface area contributed by atoms with Crippen LogP contribution in [0.15, 0.2) is 66.7 Å². The summed E-state index contributed by atoms with van der Waals surface area (Å²) >= 11 is 0. The molecule has 0 unspecified atom stereocenters. The van der Waals surface area contributed by atoms with Gasteiger partial charge in [0.15, 0.2) is 5.75 Å². The van der Waals surface area contributed by atoms with Crippen molar-refractivity contribution in [3.63, 3.8) is 0 Å². The number of rotatable bonds is 6. The zero-order chi connectivity index (χ0) is 21.8. The lowest BCUT2D eigenvalue weighted by Crippen LogP contribution is -2.08. The summed E-state index contributed by atoms with van der Waals surface area (Å²) in [6, 6.07) is 23.0. The van der Waals surface area contributed by atoms with Crippen LogP contribution in [0.2, 0.25) is 0 Å². The summed E-state index contributed by atoms with van der Waals surface area (Å²) in [5.41, 5.74) is 4.52. The summed E-state index contributed by atoms with van der Waals surface area (Å²) in [5.74, 6) is 0.197. The Bertz CT molecular complexity index is 1290. The van der Waals surface area contributed by atoms with Crippen molar-refractivity contribution in [2.75, 3.05) is 6.61 Å². The van der Waals surface area contributed by atoms with Crippen LogP contribution in [0.25, 0.3) is 22.2 Å². The van der Waals surface area contributed by atoms with E-state index in [1.807, 2.05) is 49.4 Å². The van der Waals surface area contributed by atoms with Crippen LogP contribution in [-0.2, 0) is 6.54 Å². The second kappa shape index (κ2) is 8.59. The minimum Gasteiger partial charge on any atom is -0.465 e. The maximum Gasteiger partial charge on any atom is 0.511 e. The smallest absolute Gasteiger partial charge is 0.465 e. The molecule has 0 bridgehead atoms. The third-order valence-electron chi connectivity index (χ3n) is 4.82. The van der Waals surface area contributed by atoms with Crippen LogP contribution in [0.5, 0.6) is 11.8 Å². The van der Waals surface area contributed by atoms with Gasteiger partial charge in [-0.25, -0.2) is 4.79 Å². The van der Waals surface area contributed by atoms with Crippen molar-refractivity contribution in [2.24, 2.45) is 0 Å². The lowest BCUT2D eigenvalue weighted by Gasteiger charge is -2.12. The van der Waals surface area contributed by atoms with Crippen LogP contribution >= 0.6 is 0 Å². The van der Waals surface area contributed by atoms with Crippen LogP contribution in [0.1, 0.15) is 18.1 Å². The Morgan fingerprint density at radius 2 is 1.87 bits per heavy atom. The first kappa shape index (κ1) is 20.0. The molecule has 0 aliphatic heterocycles. The predicted octanol–water partition coefficient (Wildman–Crippen LogP) is 5.08. The number of hydrogen-bond donors (Lipinski definition) is 1. The summed E-state index contributed by atoms with van der Waals surface area (Å²) < 4.78 is 12.5. The van der Waals surface area contributed by atoms with Gasteiger partial charge in [-0.15, -0.1) is 0 Å². The molecular weight excluding hydrogens is 394 g/mol. The molecule has 4 rings (SSSR count). The quantitative estimate of drug-likeness (QED) is 0.350. The van der Waals surface area contributed by atoms with E-state index in [0.29, 0.717) is 35.8 Å². The van der Waals surface area contributed by atoms with Gasteiger partial charge in [-0.1, -0.05) is 48.5 Å². The number of ether oxygens (including phenoxy) is 2. The maximum atomic E-state index is 11.1. The van der Waals surface area contributed by atoms with E-state index in [-0.39, 0.29) is 5.75 Å². The largest absolute Gasteiger partial charge is 0.511 e. The molecule has 0 aliphatic carbocycles. The van der Waals surface area contributed by atoms with Crippen molar-refractivity contribution < 1.29 is 19.4 Å². The summed E-state index contributed by atoms with van der Waals surface area (Å²) in [7, 11) is 0. The molecule has 1 aromatic heterocycles. The topological polar surface area (TPSA) is 97.4 Å². The molecule has 0 amide bonds. The number of carboxylic acid groups (broad SMARTS) is 1. The highest BCUT2D eigenvalue weighted by Crippen LogP contribution is 2.31. The molecule has 0 fully saturated rings. The van der Waals surface area contributed by atoms with Gasteiger partial charge in [0.05, 0.1) is 30.3 Å². The molecule has 1 N–H and O–H groups in total. The van der Waals surface area contributed by atoms with Gasteiger partial charge in [0.25, 0.3) is 6.01 Å². The molecule has 0 saturated carbocycles. The Morgan fingerprint density at radius 1 is 1.10 bits per heavy atom. The molecule has 7 nitrogen and oxygen atoms in total. The molecule has 3 aromatic carbocycles. The standard InChI is InChI=1S/C24H19N3O4/c1-2-30-23-26-20-8-5-9-21(31-24(28)29)22(20)27(23)15-16-10-12-17(13-11-16)19-7-4-3-6-18(19)14-25/h3-13H,2,15H2,1H3,(H,28,29). The SMILES string of the molecule is CCOc1nc2cccc(OC(=O)O)c2n1Cc1ccc(-c2ccccc2C#N)cc1. The van der Waals surface area contributed by atoms with Crippen LogP contribution < -0.4 is 9.47 Å². The zero-order valence-corrected chi connectivity index (χ0v) is 16.8. The average molecular weight is 413 g/mol. The van der Waals surface area contributed by atoms with Crippen LogP contribution in [0, 0.1) is 11.3 Å². The van der Waals surface area contributed by atoms with E-state index < -0.39 is 6.16 Å². The fraction of sp³-hybridized carbons (Fsp3) is 0.125. The average Bonchev–Trinajstić information content (AvgIpc) is 3.12. The first-order valence-corrected chi connectivity index (χ1v) is 9.72. The van der Waals surface area contributed by atoms with Gasteiger partial charge in [-0.3, -0.25) is 4.57 Å². The Morgan fingerprint density at radius 3 is 2.58 bits per heavy atom. The first-order chi connectivity index (χ1) is 15.1. The summed E-state index contributed by atoms with van der Waals surface area (Å²) in [4.78, 5) is 15.6. The molecule has 1 heterocycles. The van der Waals surface area contributed by atoms with E-state index >= 15 is 0 Å². The van der Waals surface area contributed by atoms with Gasteiger partial charge in [-0.05, 0) is 41.8 Å². The van der Waals surface area contributed by atoms with E-state index in [1.165, 1.54) is 0 Å². The second-order valence-electron chi connectivity index (χ2n) is 6.76. The molecule has 0 spiro atoms. The lowest BCUT2D eigenvalue weighted by molar-refractivity contribution is 0.145. The predicted molar refractivity (Wildman–Crippen MR) is 115 cm³/mol. The molecule has 31 heavy (non-hydrogen) atoms. The molecular formula is C24H19N3O4. The molecule has 0 radical (unpaired) electrons. The van der Waals surface area contributed by atoms with E-state index in [0.717, 1.165) is 16.7 Å². The van der Waals surface area contributed by atoms with Gasteiger partial charge in [0.1, 0.15) is 5.52 Å². The molecule has 154 valence electrons. The Kier molecular flexibility index (Phi) is 5.54. The lowest BCUT2D eigenvalue weighted by atomic mass is 9.99. The fourth-order valence-corrected chi connectivity index (χ4v) is 3.50. The third-order valence-corrected chi connectivity index (χ3v) is 4.82. The van der Waals surface area contributed by atoms with E-state index in [2.05, 4.69) is 11.1 Å². The second-order valence-corrected chi connectivity index (χ2v) is 6.76.